The Morgan fingerprint density at radius 2 is 1.88 bits per heavy atom. The van der Waals surface area contributed by atoms with Gasteiger partial charge < -0.3 is 4.90 Å². The average molecular weight is 225 g/mol. The van der Waals surface area contributed by atoms with Crippen LogP contribution in [0.15, 0.2) is 58.9 Å². The Morgan fingerprint density at radius 3 is 2.82 bits per heavy atom. The van der Waals surface area contributed by atoms with Crippen LogP contribution in [-0.4, -0.2) is 18.5 Å². The highest BCUT2D eigenvalue weighted by Crippen LogP contribution is 2.41. The summed E-state index contributed by atoms with van der Waals surface area (Å²) < 4.78 is 0. The molecule has 1 heteroatoms. The molecular weight excluding hydrogens is 206 g/mol. The van der Waals surface area contributed by atoms with E-state index in [-0.39, 0.29) is 0 Å². The summed E-state index contributed by atoms with van der Waals surface area (Å²) in [7, 11) is 2.21. The SMILES string of the molecule is CN1C/C=C\C=C/CC2=C1C1=CCCC=C1C2. The van der Waals surface area contributed by atoms with E-state index in [1.807, 2.05) is 0 Å². The normalized spacial score (nSPS) is 27.2. The van der Waals surface area contributed by atoms with E-state index in [9.17, 15) is 0 Å². The molecule has 0 saturated heterocycles. The molecule has 2 aliphatic carbocycles. The Bertz CT molecular complexity index is 472. The summed E-state index contributed by atoms with van der Waals surface area (Å²) in [5.74, 6) is 0. The Labute approximate surface area is 104 Å². The molecular formula is C16H19N. The number of rotatable bonds is 0. The summed E-state index contributed by atoms with van der Waals surface area (Å²) in [5, 5.41) is 0. The van der Waals surface area contributed by atoms with Crippen molar-refractivity contribution in [2.45, 2.75) is 25.7 Å². The zero-order valence-electron chi connectivity index (χ0n) is 10.4. The van der Waals surface area contributed by atoms with Gasteiger partial charge in [-0.2, -0.15) is 0 Å². The van der Waals surface area contributed by atoms with E-state index in [0.717, 1.165) is 19.4 Å². The molecule has 0 atom stereocenters. The molecule has 0 aromatic carbocycles. The lowest BCUT2D eigenvalue weighted by atomic mass is 9.99. The van der Waals surface area contributed by atoms with Crippen molar-refractivity contribution in [3.8, 4) is 0 Å². The lowest BCUT2D eigenvalue weighted by Crippen LogP contribution is -2.19. The number of likely N-dealkylation sites (N-methyl/N-ethyl adjacent to an activating group) is 1. The maximum absolute atomic E-state index is 2.43. The van der Waals surface area contributed by atoms with Crippen molar-refractivity contribution in [3.63, 3.8) is 0 Å². The van der Waals surface area contributed by atoms with Gasteiger partial charge in [-0.15, -0.1) is 0 Å². The molecule has 17 heavy (non-hydrogen) atoms. The highest BCUT2D eigenvalue weighted by molar-refractivity contribution is 5.57. The van der Waals surface area contributed by atoms with Gasteiger partial charge in [0.1, 0.15) is 0 Å². The summed E-state index contributed by atoms with van der Waals surface area (Å²) in [6, 6.07) is 0. The molecule has 1 heterocycles. The summed E-state index contributed by atoms with van der Waals surface area (Å²) >= 11 is 0. The summed E-state index contributed by atoms with van der Waals surface area (Å²) in [5.41, 5.74) is 6.16. The van der Waals surface area contributed by atoms with Gasteiger partial charge >= 0.3 is 0 Å². The van der Waals surface area contributed by atoms with Crippen molar-refractivity contribution in [3.05, 3.63) is 58.9 Å². The first-order valence-electron chi connectivity index (χ1n) is 6.51. The highest BCUT2D eigenvalue weighted by Gasteiger charge is 2.26. The Kier molecular flexibility index (Phi) is 2.76. The quantitative estimate of drug-likeness (QED) is 0.607. The van der Waals surface area contributed by atoms with Crippen LogP contribution >= 0.6 is 0 Å². The van der Waals surface area contributed by atoms with Gasteiger partial charge in [0, 0.05) is 19.3 Å². The van der Waals surface area contributed by atoms with Crippen LogP contribution in [0, 0.1) is 0 Å². The van der Waals surface area contributed by atoms with Crippen LogP contribution in [0.25, 0.3) is 0 Å². The topological polar surface area (TPSA) is 3.24 Å². The predicted molar refractivity (Wildman–Crippen MR) is 72.6 cm³/mol. The monoisotopic (exact) mass is 225 g/mol. The zero-order chi connectivity index (χ0) is 11.7. The molecule has 88 valence electrons. The smallest absolute Gasteiger partial charge is 0.0438 e. The third-order valence-electron chi connectivity index (χ3n) is 3.75. The maximum atomic E-state index is 2.43. The fourth-order valence-corrected chi connectivity index (χ4v) is 2.97. The molecule has 0 aromatic rings. The van der Waals surface area contributed by atoms with Crippen molar-refractivity contribution in [2.24, 2.45) is 0 Å². The Balaban J connectivity index is 2.02. The van der Waals surface area contributed by atoms with Crippen LogP contribution < -0.4 is 0 Å². The standard InChI is InChI=1S/C16H19N/c1-17-11-7-3-2-4-9-14-12-13-8-5-6-10-15(13)16(14)17/h2-4,7-8,10H,5-6,9,11-12H2,1H3/b4-2-,7-3-. The number of fused-ring (bicyclic) bond motifs is 2. The lowest BCUT2D eigenvalue weighted by Gasteiger charge is -2.23. The first-order valence-corrected chi connectivity index (χ1v) is 6.51. The third-order valence-corrected chi connectivity index (χ3v) is 3.75. The van der Waals surface area contributed by atoms with Gasteiger partial charge in [-0.05, 0) is 42.4 Å². The van der Waals surface area contributed by atoms with Crippen LogP contribution in [0.5, 0.6) is 0 Å². The minimum absolute atomic E-state index is 1.01. The van der Waals surface area contributed by atoms with Gasteiger partial charge in [0.05, 0.1) is 0 Å². The average Bonchev–Trinajstić information content (AvgIpc) is 2.73. The van der Waals surface area contributed by atoms with Crippen LogP contribution in [0.2, 0.25) is 0 Å². The first-order chi connectivity index (χ1) is 8.36. The van der Waals surface area contributed by atoms with Gasteiger partial charge in [0.15, 0.2) is 0 Å². The van der Waals surface area contributed by atoms with E-state index in [0.29, 0.717) is 0 Å². The van der Waals surface area contributed by atoms with E-state index in [1.165, 1.54) is 24.1 Å². The zero-order valence-corrected chi connectivity index (χ0v) is 10.4. The second kappa shape index (κ2) is 4.40. The molecule has 0 fully saturated rings. The molecule has 0 radical (unpaired) electrons. The van der Waals surface area contributed by atoms with Crippen LogP contribution in [0.3, 0.4) is 0 Å². The number of hydrogen-bond donors (Lipinski definition) is 0. The molecule has 0 spiro atoms. The van der Waals surface area contributed by atoms with E-state index in [2.05, 4.69) is 48.4 Å². The van der Waals surface area contributed by atoms with E-state index < -0.39 is 0 Å². The molecule has 0 bridgehead atoms. The summed E-state index contributed by atoms with van der Waals surface area (Å²) in [6.07, 6.45) is 18.4. The van der Waals surface area contributed by atoms with Gasteiger partial charge in [0.25, 0.3) is 0 Å². The summed E-state index contributed by atoms with van der Waals surface area (Å²) in [4.78, 5) is 2.40. The minimum atomic E-state index is 1.01. The predicted octanol–water partition coefficient (Wildman–Crippen LogP) is 3.74. The van der Waals surface area contributed by atoms with Crippen molar-refractivity contribution < 1.29 is 0 Å². The van der Waals surface area contributed by atoms with Crippen molar-refractivity contribution in [2.75, 3.05) is 13.6 Å². The van der Waals surface area contributed by atoms with Crippen LogP contribution in [-0.2, 0) is 0 Å². The fraction of sp³-hybridized carbons (Fsp3) is 0.375. The molecule has 0 saturated carbocycles. The third kappa shape index (κ3) is 1.90. The van der Waals surface area contributed by atoms with Crippen LogP contribution in [0.1, 0.15) is 25.7 Å². The van der Waals surface area contributed by atoms with Gasteiger partial charge in [-0.3, -0.25) is 0 Å². The highest BCUT2D eigenvalue weighted by atomic mass is 15.1. The second-order valence-electron chi connectivity index (χ2n) is 4.99. The molecule has 0 N–H and O–H groups in total. The Hall–Kier alpha value is -1.50. The maximum Gasteiger partial charge on any atom is 0.0438 e. The molecule has 1 aliphatic heterocycles. The number of allylic oxidation sites excluding steroid dienone is 7. The van der Waals surface area contributed by atoms with Crippen molar-refractivity contribution in [1.29, 1.82) is 0 Å². The Morgan fingerprint density at radius 1 is 1.06 bits per heavy atom. The molecule has 1 nitrogen and oxygen atoms in total. The molecule has 0 aromatic heterocycles. The summed E-state index contributed by atoms with van der Waals surface area (Å²) in [6.45, 7) is 1.01. The fourth-order valence-electron chi connectivity index (χ4n) is 2.97. The van der Waals surface area contributed by atoms with Gasteiger partial charge in [0.2, 0.25) is 0 Å². The number of nitrogens with zero attached hydrogens (tertiary/aromatic N) is 1. The van der Waals surface area contributed by atoms with Crippen molar-refractivity contribution in [1.82, 2.24) is 4.90 Å². The van der Waals surface area contributed by atoms with Gasteiger partial charge in [-0.1, -0.05) is 36.5 Å². The first kappa shape index (κ1) is 10.6. The van der Waals surface area contributed by atoms with E-state index in [1.54, 1.807) is 11.1 Å². The second-order valence-corrected chi connectivity index (χ2v) is 4.99. The van der Waals surface area contributed by atoms with Crippen molar-refractivity contribution >= 4 is 0 Å². The molecule has 3 aliphatic rings. The lowest BCUT2D eigenvalue weighted by molar-refractivity contribution is 0.471. The van der Waals surface area contributed by atoms with E-state index >= 15 is 0 Å². The molecule has 3 rings (SSSR count). The van der Waals surface area contributed by atoms with Crippen LogP contribution in [0.4, 0.5) is 0 Å². The molecule has 0 amide bonds. The largest absolute Gasteiger partial charge is 0.370 e. The van der Waals surface area contributed by atoms with E-state index in [4.69, 9.17) is 0 Å². The number of hydrogen-bond acceptors (Lipinski definition) is 1. The van der Waals surface area contributed by atoms with Gasteiger partial charge in [-0.25, -0.2) is 0 Å². The minimum Gasteiger partial charge on any atom is -0.370 e. The molecule has 0 unspecified atom stereocenters.